The Bertz CT molecular complexity index is 802. The quantitative estimate of drug-likeness (QED) is 0.727. The van der Waals surface area contributed by atoms with E-state index in [4.69, 9.17) is 9.47 Å². The molecule has 1 saturated heterocycles. The van der Waals surface area contributed by atoms with Gasteiger partial charge in [0.15, 0.2) is 5.69 Å². The van der Waals surface area contributed by atoms with Crippen LogP contribution in [0.1, 0.15) is 40.2 Å². The number of anilines is 1. The Morgan fingerprint density at radius 2 is 2.33 bits per heavy atom. The minimum absolute atomic E-state index is 0. The number of carbonyl (C=O) groups is 1. The molecule has 27 heavy (non-hydrogen) atoms. The molecule has 7 nitrogen and oxygen atoms in total. The van der Waals surface area contributed by atoms with Crippen molar-refractivity contribution >= 4 is 24.0 Å². The molecule has 0 saturated carbocycles. The molecule has 1 atom stereocenters. The molecular formula is C19H25ClN4O3. The highest BCUT2D eigenvalue weighted by Crippen LogP contribution is 2.28. The summed E-state index contributed by atoms with van der Waals surface area (Å²) in [7, 11) is 0. The Hall–Kier alpha value is -2.09. The van der Waals surface area contributed by atoms with Gasteiger partial charge in [-0.1, -0.05) is 6.07 Å². The fourth-order valence-corrected chi connectivity index (χ4v) is 3.41. The van der Waals surface area contributed by atoms with Crippen molar-refractivity contribution in [2.75, 3.05) is 25.1 Å². The Balaban J connectivity index is 0.00000210. The number of aromatic amines is 1. The number of H-pyrrole nitrogens is 1. The highest BCUT2D eigenvalue weighted by atomic mass is 35.5. The number of nitrogens with zero attached hydrogens (tertiary/aromatic N) is 1. The van der Waals surface area contributed by atoms with E-state index in [1.54, 1.807) is 0 Å². The van der Waals surface area contributed by atoms with Gasteiger partial charge >= 0.3 is 0 Å². The number of hydrogen-bond donors (Lipinski definition) is 3. The van der Waals surface area contributed by atoms with Crippen LogP contribution < -0.4 is 15.4 Å². The fraction of sp³-hybridized carbons (Fsp3) is 0.474. The summed E-state index contributed by atoms with van der Waals surface area (Å²) in [6, 6.07) is 5.76. The molecule has 1 fully saturated rings. The minimum atomic E-state index is -0.225. The van der Waals surface area contributed by atoms with Gasteiger partial charge in [0.1, 0.15) is 12.4 Å². The Labute approximate surface area is 164 Å². The van der Waals surface area contributed by atoms with Crippen molar-refractivity contribution in [3.8, 4) is 5.75 Å². The predicted octanol–water partition coefficient (Wildman–Crippen LogP) is 2.60. The van der Waals surface area contributed by atoms with E-state index >= 15 is 0 Å². The monoisotopic (exact) mass is 392 g/mol. The van der Waals surface area contributed by atoms with Gasteiger partial charge in [0.25, 0.3) is 5.91 Å². The van der Waals surface area contributed by atoms with E-state index in [1.807, 2.05) is 25.1 Å². The second-order valence-corrected chi connectivity index (χ2v) is 6.86. The lowest BCUT2D eigenvalue weighted by atomic mass is 10.1. The van der Waals surface area contributed by atoms with Crippen LogP contribution in [0.25, 0.3) is 0 Å². The highest BCUT2D eigenvalue weighted by Gasteiger charge is 2.23. The first-order valence-electron chi connectivity index (χ1n) is 9.14. The predicted molar refractivity (Wildman–Crippen MR) is 105 cm³/mol. The van der Waals surface area contributed by atoms with Crippen LogP contribution in [0.5, 0.6) is 5.75 Å². The molecule has 2 aromatic rings. The van der Waals surface area contributed by atoms with Gasteiger partial charge < -0.3 is 20.1 Å². The summed E-state index contributed by atoms with van der Waals surface area (Å²) in [5.74, 6) is 0.438. The summed E-state index contributed by atoms with van der Waals surface area (Å²) < 4.78 is 11.6. The number of benzene rings is 1. The third-order valence-electron chi connectivity index (χ3n) is 4.86. The molecule has 2 aliphatic heterocycles. The van der Waals surface area contributed by atoms with E-state index in [9.17, 15) is 4.79 Å². The number of rotatable bonds is 5. The van der Waals surface area contributed by atoms with Gasteiger partial charge in [0, 0.05) is 37.4 Å². The number of nitrogens with one attached hydrogen (secondary N) is 3. The zero-order valence-electron chi connectivity index (χ0n) is 15.3. The average molecular weight is 393 g/mol. The Morgan fingerprint density at radius 3 is 3.15 bits per heavy atom. The van der Waals surface area contributed by atoms with Crippen LogP contribution in [0.4, 0.5) is 5.69 Å². The molecule has 1 amide bonds. The maximum absolute atomic E-state index is 12.7. The van der Waals surface area contributed by atoms with Gasteiger partial charge in [-0.25, -0.2) is 0 Å². The maximum atomic E-state index is 12.7. The van der Waals surface area contributed by atoms with Crippen molar-refractivity contribution < 1.29 is 14.3 Å². The number of fused-ring (bicyclic) bond motifs is 1. The SMILES string of the molecule is Cc1ccc(NC(=O)c2n[nH]c3c2CNCC3)c(OCC2CCCO2)c1.Cl. The van der Waals surface area contributed by atoms with E-state index in [0.717, 1.165) is 49.2 Å². The third-order valence-corrected chi connectivity index (χ3v) is 4.86. The summed E-state index contributed by atoms with van der Waals surface area (Å²) in [5, 5.41) is 13.4. The number of amides is 1. The van der Waals surface area contributed by atoms with E-state index < -0.39 is 0 Å². The molecule has 3 heterocycles. The van der Waals surface area contributed by atoms with Crippen LogP contribution >= 0.6 is 12.4 Å². The van der Waals surface area contributed by atoms with Crippen LogP contribution in [-0.4, -0.2) is 42.0 Å². The first kappa shape index (κ1) is 19.7. The molecular weight excluding hydrogens is 368 g/mol. The van der Waals surface area contributed by atoms with E-state index in [2.05, 4.69) is 20.8 Å². The number of ether oxygens (including phenoxy) is 2. The van der Waals surface area contributed by atoms with Crippen molar-refractivity contribution in [2.45, 2.75) is 38.8 Å². The maximum Gasteiger partial charge on any atom is 0.276 e. The fourth-order valence-electron chi connectivity index (χ4n) is 3.41. The van der Waals surface area contributed by atoms with Gasteiger partial charge in [-0.2, -0.15) is 5.10 Å². The van der Waals surface area contributed by atoms with Crippen molar-refractivity contribution in [1.82, 2.24) is 15.5 Å². The molecule has 146 valence electrons. The largest absolute Gasteiger partial charge is 0.489 e. The molecule has 0 aliphatic carbocycles. The molecule has 4 rings (SSSR count). The van der Waals surface area contributed by atoms with Crippen LogP contribution in [0.3, 0.4) is 0 Å². The van der Waals surface area contributed by atoms with Gasteiger partial charge in [-0.05, 0) is 37.5 Å². The van der Waals surface area contributed by atoms with Gasteiger partial charge in [-0.3, -0.25) is 9.89 Å². The second kappa shape index (κ2) is 8.73. The number of aryl methyl sites for hydroxylation is 1. The zero-order valence-corrected chi connectivity index (χ0v) is 16.2. The normalized spacial score (nSPS) is 18.5. The van der Waals surface area contributed by atoms with Crippen molar-refractivity contribution in [3.63, 3.8) is 0 Å². The van der Waals surface area contributed by atoms with E-state index in [0.29, 0.717) is 30.3 Å². The van der Waals surface area contributed by atoms with Crippen LogP contribution in [0.2, 0.25) is 0 Å². The van der Waals surface area contributed by atoms with E-state index in [1.165, 1.54) is 0 Å². The Morgan fingerprint density at radius 1 is 1.44 bits per heavy atom. The first-order valence-corrected chi connectivity index (χ1v) is 9.14. The average Bonchev–Trinajstić information content (AvgIpc) is 3.31. The number of carbonyl (C=O) groups excluding carboxylic acids is 1. The van der Waals surface area contributed by atoms with Crippen molar-refractivity contribution in [1.29, 1.82) is 0 Å². The van der Waals surface area contributed by atoms with Crippen LogP contribution in [0, 0.1) is 6.92 Å². The van der Waals surface area contributed by atoms with Crippen LogP contribution in [0.15, 0.2) is 18.2 Å². The summed E-state index contributed by atoms with van der Waals surface area (Å²) in [5.41, 5.74) is 4.15. The third kappa shape index (κ3) is 4.43. The molecule has 3 N–H and O–H groups in total. The van der Waals surface area contributed by atoms with Gasteiger partial charge in [-0.15, -0.1) is 12.4 Å². The summed E-state index contributed by atoms with van der Waals surface area (Å²) in [6.07, 6.45) is 3.07. The summed E-state index contributed by atoms with van der Waals surface area (Å²) in [4.78, 5) is 12.7. The van der Waals surface area contributed by atoms with Crippen molar-refractivity contribution in [3.05, 3.63) is 40.7 Å². The lowest BCUT2D eigenvalue weighted by Gasteiger charge is -2.16. The molecule has 0 spiro atoms. The van der Waals surface area contributed by atoms with Gasteiger partial charge in [0.2, 0.25) is 0 Å². The second-order valence-electron chi connectivity index (χ2n) is 6.86. The highest BCUT2D eigenvalue weighted by molar-refractivity contribution is 6.04. The van der Waals surface area contributed by atoms with Crippen LogP contribution in [-0.2, 0) is 17.7 Å². The Kier molecular flexibility index (Phi) is 6.36. The molecule has 2 aliphatic rings. The lowest BCUT2D eigenvalue weighted by molar-refractivity contribution is 0.0681. The summed E-state index contributed by atoms with van der Waals surface area (Å²) >= 11 is 0. The molecule has 1 aromatic carbocycles. The molecule has 0 radical (unpaired) electrons. The molecule has 8 heteroatoms. The molecule has 1 unspecified atom stereocenters. The number of halogens is 1. The smallest absolute Gasteiger partial charge is 0.276 e. The molecule has 0 bridgehead atoms. The van der Waals surface area contributed by atoms with Gasteiger partial charge in [0.05, 0.1) is 11.8 Å². The molecule has 1 aromatic heterocycles. The number of hydrogen-bond acceptors (Lipinski definition) is 5. The summed E-state index contributed by atoms with van der Waals surface area (Å²) in [6.45, 7) is 4.85. The number of aromatic nitrogens is 2. The zero-order chi connectivity index (χ0) is 17.9. The topological polar surface area (TPSA) is 88.3 Å². The standard InChI is InChI=1S/C19H24N4O3.ClH/c1-12-4-5-16(17(9-12)26-11-13-3-2-8-25-13)21-19(24)18-14-10-20-7-6-15(14)22-23-18;/h4-5,9,13,20H,2-3,6-8,10-11H2,1H3,(H,21,24)(H,22,23);1H. The first-order chi connectivity index (χ1) is 12.7. The minimum Gasteiger partial charge on any atom is -0.489 e. The van der Waals surface area contributed by atoms with E-state index in [-0.39, 0.29) is 24.4 Å². The van der Waals surface area contributed by atoms with Crippen molar-refractivity contribution in [2.24, 2.45) is 0 Å². The lowest BCUT2D eigenvalue weighted by Crippen LogP contribution is -2.25.